The highest BCUT2D eigenvalue weighted by Crippen LogP contribution is 2.60. The van der Waals surface area contributed by atoms with Crippen molar-refractivity contribution in [2.45, 2.75) is 31.7 Å². The molecule has 0 saturated heterocycles. The Hall–Kier alpha value is -1.61. The SMILES string of the molecule is CNC(c1ccnn1-c1ccccc1)C1C2CCCCC21. The molecule has 2 aliphatic rings. The van der Waals surface area contributed by atoms with E-state index in [9.17, 15) is 0 Å². The zero-order valence-corrected chi connectivity index (χ0v) is 12.6. The molecule has 0 radical (unpaired) electrons. The number of fused-ring (bicyclic) bond motifs is 1. The molecule has 3 atom stereocenters. The average Bonchev–Trinajstić information content (AvgIpc) is 3.05. The van der Waals surface area contributed by atoms with Crippen molar-refractivity contribution in [3.8, 4) is 5.69 Å². The second kappa shape index (κ2) is 5.30. The van der Waals surface area contributed by atoms with Crippen LogP contribution in [-0.2, 0) is 0 Å². The molecule has 2 fully saturated rings. The summed E-state index contributed by atoms with van der Waals surface area (Å²) in [6.45, 7) is 0. The minimum absolute atomic E-state index is 0.431. The third-order valence-corrected chi connectivity index (χ3v) is 5.41. The van der Waals surface area contributed by atoms with Gasteiger partial charge in [-0.15, -0.1) is 0 Å². The van der Waals surface area contributed by atoms with Gasteiger partial charge in [-0.05, 0) is 55.8 Å². The minimum atomic E-state index is 0.431. The highest BCUT2D eigenvalue weighted by Gasteiger charge is 2.54. The summed E-state index contributed by atoms with van der Waals surface area (Å²) in [6, 6.07) is 13.1. The summed E-state index contributed by atoms with van der Waals surface area (Å²) in [7, 11) is 2.09. The fraction of sp³-hybridized carbons (Fsp3) is 0.500. The molecule has 110 valence electrons. The van der Waals surface area contributed by atoms with Crippen LogP contribution in [0.3, 0.4) is 0 Å². The molecule has 0 spiro atoms. The maximum absolute atomic E-state index is 4.56. The Bertz CT molecular complexity index is 592. The number of nitrogens with zero attached hydrogens (tertiary/aromatic N) is 2. The van der Waals surface area contributed by atoms with Crippen molar-refractivity contribution in [2.24, 2.45) is 17.8 Å². The highest BCUT2D eigenvalue weighted by atomic mass is 15.3. The van der Waals surface area contributed by atoms with Gasteiger partial charge >= 0.3 is 0 Å². The lowest BCUT2D eigenvalue weighted by Gasteiger charge is -2.18. The van der Waals surface area contributed by atoms with E-state index in [0.717, 1.165) is 23.4 Å². The minimum Gasteiger partial charge on any atom is -0.311 e. The normalized spacial score (nSPS) is 28.9. The van der Waals surface area contributed by atoms with Gasteiger partial charge in [0.2, 0.25) is 0 Å². The van der Waals surface area contributed by atoms with Crippen LogP contribution in [0.2, 0.25) is 0 Å². The average molecular weight is 281 g/mol. The van der Waals surface area contributed by atoms with Crippen LogP contribution in [0.15, 0.2) is 42.6 Å². The lowest BCUT2D eigenvalue weighted by molar-refractivity contribution is 0.460. The van der Waals surface area contributed by atoms with Crippen LogP contribution >= 0.6 is 0 Å². The van der Waals surface area contributed by atoms with Crippen molar-refractivity contribution in [1.82, 2.24) is 15.1 Å². The van der Waals surface area contributed by atoms with Crippen molar-refractivity contribution in [1.29, 1.82) is 0 Å². The van der Waals surface area contributed by atoms with E-state index < -0.39 is 0 Å². The Balaban J connectivity index is 1.65. The molecule has 0 bridgehead atoms. The van der Waals surface area contributed by atoms with Gasteiger partial charge in [-0.25, -0.2) is 4.68 Å². The van der Waals surface area contributed by atoms with Gasteiger partial charge in [0.05, 0.1) is 17.4 Å². The molecule has 3 unspecified atom stereocenters. The molecule has 0 aliphatic heterocycles. The van der Waals surface area contributed by atoms with Gasteiger partial charge in [0, 0.05) is 6.20 Å². The number of aromatic nitrogens is 2. The lowest BCUT2D eigenvalue weighted by atomic mass is 10.0. The van der Waals surface area contributed by atoms with E-state index in [1.807, 2.05) is 6.20 Å². The first kappa shape index (κ1) is 13.1. The van der Waals surface area contributed by atoms with Crippen LogP contribution in [0, 0.1) is 17.8 Å². The summed E-state index contributed by atoms with van der Waals surface area (Å²) in [5.74, 6) is 2.68. The molecular formula is C18H23N3. The van der Waals surface area contributed by atoms with Crippen LogP contribution in [0.1, 0.15) is 37.4 Å². The Morgan fingerprint density at radius 3 is 2.48 bits per heavy atom. The van der Waals surface area contributed by atoms with Gasteiger partial charge in [-0.2, -0.15) is 5.10 Å². The van der Waals surface area contributed by atoms with E-state index in [0.29, 0.717) is 6.04 Å². The molecule has 2 saturated carbocycles. The molecule has 1 N–H and O–H groups in total. The van der Waals surface area contributed by atoms with Gasteiger partial charge in [0.1, 0.15) is 0 Å². The van der Waals surface area contributed by atoms with Crippen molar-refractivity contribution >= 4 is 0 Å². The summed E-state index contributed by atoms with van der Waals surface area (Å²) in [5.41, 5.74) is 2.46. The van der Waals surface area contributed by atoms with Crippen LogP contribution in [0.25, 0.3) is 5.69 Å². The lowest BCUT2D eigenvalue weighted by Crippen LogP contribution is -2.23. The molecule has 1 aromatic heterocycles. The number of hydrogen-bond donors (Lipinski definition) is 1. The molecule has 1 heterocycles. The molecule has 3 heteroatoms. The predicted octanol–water partition coefficient (Wildman–Crippen LogP) is 3.57. The Morgan fingerprint density at radius 1 is 1.10 bits per heavy atom. The first-order chi connectivity index (χ1) is 10.4. The van der Waals surface area contributed by atoms with E-state index in [2.05, 4.69) is 58.5 Å². The van der Waals surface area contributed by atoms with Gasteiger partial charge in [0.15, 0.2) is 0 Å². The van der Waals surface area contributed by atoms with Crippen LogP contribution in [0.5, 0.6) is 0 Å². The van der Waals surface area contributed by atoms with E-state index in [4.69, 9.17) is 0 Å². The van der Waals surface area contributed by atoms with Gasteiger partial charge in [-0.3, -0.25) is 0 Å². The van der Waals surface area contributed by atoms with Crippen molar-refractivity contribution in [2.75, 3.05) is 7.05 Å². The number of hydrogen-bond acceptors (Lipinski definition) is 2. The van der Waals surface area contributed by atoms with Crippen molar-refractivity contribution in [3.63, 3.8) is 0 Å². The zero-order valence-electron chi connectivity index (χ0n) is 12.6. The fourth-order valence-electron chi connectivity index (χ4n) is 4.41. The second-order valence-corrected chi connectivity index (χ2v) is 6.46. The van der Waals surface area contributed by atoms with Gasteiger partial charge in [0.25, 0.3) is 0 Å². The molecule has 3 nitrogen and oxygen atoms in total. The summed E-state index contributed by atoms with van der Waals surface area (Å²) in [4.78, 5) is 0. The smallest absolute Gasteiger partial charge is 0.0649 e. The number of benzene rings is 1. The maximum Gasteiger partial charge on any atom is 0.0649 e. The first-order valence-corrected chi connectivity index (χ1v) is 8.17. The molecule has 2 aliphatic carbocycles. The Kier molecular flexibility index (Phi) is 3.30. The quantitative estimate of drug-likeness (QED) is 0.928. The van der Waals surface area contributed by atoms with E-state index in [1.165, 1.54) is 31.4 Å². The topological polar surface area (TPSA) is 29.9 Å². The maximum atomic E-state index is 4.56. The zero-order chi connectivity index (χ0) is 14.2. The van der Waals surface area contributed by atoms with Crippen molar-refractivity contribution < 1.29 is 0 Å². The summed E-state index contributed by atoms with van der Waals surface area (Å²) >= 11 is 0. The van der Waals surface area contributed by atoms with Crippen LogP contribution in [-0.4, -0.2) is 16.8 Å². The number of nitrogens with one attached hydrogen (secondary N) is 1. The van der Waals surface area contributed by atoms with Gasteiger partial charge in [-0.1, -0.05) is 31.0 Å². The molecule has 2 aromatic rings. The number of para-hydroxylation sites is 1. The monoisotopic (exact) mass is 281 g/mol. The molecule has 1 aromatic carbocycles. The van der Waals surface area contributed by atoms with Crippen LogP contribution in [0.4, 0.5) is 0 Å². The molecule has 4 rings (SSSR count). The van der Waals surface area contributed by atoms with E-state index >= 15 is 0 Å². The van der Waals surface area contributed by atoms with Crippen LogP contribution < -0.4 is 5.32 Å². The van der Waals surface area contributed by atoms with E-state index in [-0.39, 0.29) is 0 Å². The van der Waals surface area contributed by atoms with Gasteiger partial charge < -0.3 is 5.32 Å². The Labute approximate surface area is 126 Å². The third-order valence-electron chi connectivity index (χ3n) is 5.41. The number of rotatable bonds is 4. The summed E-state index contributed by atoms with van der Waals surface area (Å²) in [6.07, 6.45) is 7.62. The molecular weight excluding hydrogens is 258 g/mol. The van der Waals surface area contributed by atoms with Crippen molar-refractivity contribution in [3.05, 3.63) is 48.3 Å². The largest absolute Gasteiger partial charge is 0.311 e. The summed E-state index contributed by atoms with van der Waals surface area (Å²) in [5, 5.41) is 8.13. The molecule has 21 heavy (non-hydrogen) atoms. The molecule has 0 amide bonds. The van der Waals surface area contributed by atoms with E-state index in [1.54, 1.807) is 0 Å². The summed E-state index contributed by atoms with van der Waals surface area (Å²) < 4.78 is 2.10. The fourth-order valence-corrected chi connectivity index (χ4v) is 4.41. The Morgan fingerprint density at radius 2 is 1.81 bits per heavy atom. The second-order valence-electron chi connectivity index (χ2n) is 6.46. The highest BCUT2D eigenvalue weighted by molar-refractivity contribution is 5.34. The predicted molar refractivity (Wildman–Crippen MR) is 84.3 cm³/mol. The first-order valence-electron chi connectivity index (χ1n) is 8.17. The standard InChI is InChI=1S/C18H23N3/c1-19-18(17-14-9-5-6-10-15(14)17)16-11-12-20-21(16)13-7-3-2-4-8-13/h2-4,7-8,11-12,14-15,17-19H,5-6,9-10H2,1H3. The third kappa shape index (κ3) is 2.20.